The maximum atomic E-state index is 13.0. The largest absolute Gasteiger partial charge is 0.349 e. The number of halogens is 2. The molecule has 0 radical (unpaired) electrons. The summed E-state index contributed by atoms with van der Waals surface area (Å²) in [5, 5.41) is 3.00. The topological polar surface area (TPSA) is 78.1 Å². The highest BCUT2D eigenvalue weighted by Crippen LogP contribution is 2.47. The minimum absolute atomic E-state index is 0.0448. The molecule has 5 rings (SSSR count). The molecule has 1 saturated heterocycles. The monoisotopic (exact) mass is 430 g/mol. The first kappa shape index (κ1) is 19.2. The summed E-state index contributed by atoms with van der Waals surface area (Å²) in [7, 11) is 0. The van der Waals surface area contributed by atoms with Gasteiger partial charge in [-0.25, -0.2) is 13.8 Å². The number of aromatic amines is 1. The van der Waals surface area contributed by atoms with E-state index in [2.05, 4.69) is 15.3 Å². The van der Waals surface area contributed by atoms with Crippen molar-refractivity contribution in [2.24, 2.45) is 5.92 Å². The number of amides is 2. The molecule has 1 unspecified atom stereocenters. The van der Waals surface area contributed by atoms with Gasteiger partial charge in [-0.15, -0.1) is 11.3 Å². The Kier molecular flexibility index (Phi) is 4.39. The lowest BCUT2D eigenvalue weighted by Crippen LogP contribution is -2.58. The molecule has 2 amide bonds. The van der Waals surface area contributed by atoms with Gasteiger partial charge in [0.25, 0.3) is 11.8 Å². The van der Waals surface area contributed by atoms with Crippen molar-refractivity contribution in [2.75, 3.05) is 13.1 Å². The van der Waals surface area contributed by atoms with Gasteiger partial charge in [0, 0.05) is 16.7 Å². The summed E-state index contributed by atoms with van der Waals surface area (Å²) in [6, 6.07) is 10.9. The highest BCUT2D eigenvalue weighted by Gasteiger charge is 2.47. The second-order valence-corrected chi connectivity index (χ2v) is 9.15. The third kappa shape index (κ3) is 3.47. The summed E-state index contributed by atoms with van der Waals surface area (Å²) in [4.78, 5) is 35.2. The number of H-pyrrole nitrogens is 1. The van der Waals surface area contributed by atoms with Crippen molar-refractivity contribution in [3.63, 3.8) is 0 Å². The zero-order valence-corrected chi connectivity index (χ0v) is 17.0. The summed E-state index contributed by atoms with van der Waals surface area (Å²) < 4.78 is 26.0. The molecule has 1 saturated carbocycles. The van der Waals surface area contributed by atoms with Gasteiger partial charge >= 0.3 is 0 Å². The van der Waals surface area contributed by atoms with Crippen LogP contribution in [-0.2, 0) is 4.79 Å². The molecule has 2 N–H and O–H groups in total. The van der Waals surface area contributed by atoms with Gasteiger partial charge < -0.3 is 15.2 Å². The number of imidazole rings is 1. The van der Waals surface area contributed by atoms with Gasteiger partial charge in [-0.3, -0.25) is 9.59 Å². The lowest BCUT2D eigenvalue weighted by molar-refractivity contribution is -0.123. The first-order valence-electron chi connectivity index (χ1n) is 9.82. The SMILES string of the molecule is CC(NC(=O)[C@@H]1C[C@H]1c1nc2ccccc2[nH]1)c1ccc(C(=O)N2CC(F)(F)C2)s1. The molecule has 3 aromatic rings. The molecule has 6 nitrogen and oxygen atoms in total. The zero-order valence-electron chi connectivity index (χ0n) is 16.2. The molecule has 1 aliphatic carbocycles. The van der Waals surface area contributed by atoms with Crippen LogP contribution in [0.4, 0.5) is 8.78 Å². The summed E-state index contributed by atoms with van der Waals surface area (Å²) in [5.74, 6) is -2.42. The summed E-state index contributed by atoms with van der Waals surface area (Å²) in [6.07, 6.45) is 0.746. The Bertz CT molecular complexity index is 1100. The number of nitrogens with zero attached hydrogens (tertiary/aromatic N) is 2. The van der Waals surface area contributed by atoms with Crippen LogP contribution in [0.3, 0.4) is 0 Å². The number of aromatic nitrogens is 2. The van der Waals surface area contributed by atoms with Crippen molar-refractivity contribution in [1.82, 2.24) is 20.2 Å². The normalized spacial score (nSPS) is 23.1. The Labute approximate surface area is 175 Å². The van der Waals surface area contributed by atoms with Crippen molar-refractivity contribution in [2.45, 2.75) is 31.2 Å². The van der Waals surface area contributed by atoms with E-state index in [4.69, 9.17) is 0 Å². The minimum Gasteiger partial charge on any atom is -0.349 e. The molecule has 3 atom stereocenters. The van der Waals surface area contributed by atoms with Gasteiger partial charge in [0.15, 0.2) is 0 Å². The quantitative estimate of drug-likeness (QED) is 0.648. The number of rotatable bonds is 5. The van der Waals surface area contributed by atoms with Crippen LogP contribution in [0.5, 0.6) is 0 Å². The van der Waals surface area contributed by atoms with Crippen LogP contribution in [0, 0.1) is 5.92 Å². The Hall–Kier alpha value is -2.81. The van der Waals surface area contributed by atoms with Crippen LogP contribution in [0.15, 0.2) is 36.4 Å². The van der Waals surface area contributed by atoms with E-state index < -0.39 is 19.0 Å². The predicted octanol–water partition coefficient (Wildman–Crippen LogP) is 3.70. The van der Waals surface area contributed by atoms with Crippen molar-refractivity contribution >= 4 is 34.2 Å². The summed E-state index contributed by atoms with van der Waals surface area (Å²) in [5.41, 5.74) is 1.85. The van der Waals surface area contributed by atoms with Gasteiger partial charge in [-0.2, -0.15) is 0 Å². The van der Waals surface area contributed by atoms with Gasteiger partial charge in [0.1, 0.15) is 5.82 Å². The van der Waals surface area contributed by atoms with E-state index >= 15 is 0 Å². The van der Waals surface area contributed by atoms with E-state index in [0.29, 0.717) is 4.88 Å². The number of thiophene rings is 1. The molecular formula is C21H20F2N4O2S. The predicted molar refractivity (Wildman–Crippen MR) is 109 cm³/mol. The van der Waals surface area contributed by atoms with E-state index in [0.717, 1.165) is 33.1 Å². The van der Waals surface area contributed by atoms with Crippen molar-refractivity contribution in [3.8, 4) is 0 Å². The molecule has 3 heterocycles. The van der Waals surface area contributed by atoms with E-state index in [-0.39, 0.29) is 29.7 Å². The molecule has 30 heavy (non-hydrogen) atoms. The lowest BCUT2D eigenvalue weighted by atomic mass is 10.1. The average Bonchev–Trinajstić information content (AvgIpc) is 3.14. The second kappa shape index (κ2) is 6.87. The Balaban J connectivity index is 1.19. The standard InChI is InChI=1S/C21H20F2N4O2S/c1-11(16-6-7-17(30-16)20(29)27-9-21(22,23)10-27)24-19(28)13-8-12(13)18-25-14-4-2-3-5-15(14)26-18/h2-7,11-13H,8-10H2,1H3,(H,24,28)(H,25,26)/t11?,12-,13-/m1/s1. The highest BCUT2D eigenvalue weighted by molar-refractivity contribution is 7.14. The number of alkyl halides is 2. The molecular weight excluding hydrogens is 410 g/mol. The van der Waals surface area contributed by atoms with Crippen molar-refractivity contribution in [3.05, 3.63) is 52.0 Å². The van der Waals surface area contributed by atoms with E-state index in [9.17, 15) is 18.4 Å². The Morgan fingerprint density at radius 1 is 1.27 bits per heavy atom. The molecule has 1 aliphatic heterocycles. The molecule has 0 bridgehead atoms. The first-order chi connectivity index (χ1) is 14.3. The lowest BCUT2D eigenvalue weighted by Gasteiger charge is -2.38. The van der Waals surface area contributed by atoms with E-state index in [1.165, 1.54) is 11.3 Å². The third-order valence-electron chi connectivity index (χ3n) is 5.64. The van der Waals surface area contributed by atoms with Crippen LogP contribution in [0.2, 0.25) is 0 Å². The number of likely N-dealkylation sites (tertiary alicyclic amines) is 1. The number of hydrogen-bond donors (Lipinski definition) is 2. The molecule has 2 aromatic heterocycles. The van der Waals surface area contributed by atoms with Crippen LogP contribution < -0.4 is 5.32 Å². The smallest absolute Gasteiger partial charge is 0.282 e. The maximum absolute atomic E-state index is 13.0. The fourth-order valence-corrected chi connectivity index (χ4v) is 4.82. The Morgan fingerprint density at radius 2 is 2.03 bits per heavy atom. The minimum atomic E-state index is -2.78. The fourth-order valence-electron chi connectivity index (χ4n) is 3.84. The molecule has 156 valence electrons. The number of benzene rings is 1. The molecule has 0 spiro atoms. The highest BCUT2D eigenvalue weighted by atomic mass is 32.1. The third-order valence-corrected chi connectivity index (χ3v) is 6.90. The number of hydrogen-bond acceptors (Lipinski definition) is 4. The van der Waals surface area contributed by atoms with Crippen molar-refractivity contribution < 1.29 is 18.4 Å². The number of para-hydroxylation sites is 2. The van der Waals surface area contributed by atoms with Gasteiger partial charge in [-0.05, 0) is 37.6 Å². The van der Waals surface area contributed by atoms with Gasteiger partial charge in [0.2, 0.25) is 5.91 Å². The van der Waals surface area contributed by atoms with Crippen LogP contribution in [-0.4, -0.2) is 45.7 Å². The Morgan fingerprint density at radius 3 is 2.77 bits per heavy atom. The summed E-state index contributed by atoms with van der Waals surface area (Å²) >= 11 is 1.23. The zero-order chi connectivity index (χ0) is 21.0. The molecule has 2 fully saturated rings. The van der Waals surface area contributed by atoms with E-state index in [1.54, 1.807) is 12.1 Å². The van der Waals surface area contributed by atoms with Crippen LogP contribution in [0.25, 0.3) is 11.0 Å². The number of carbonyl (C=O) groups excluding carboxylic acids is 2. The average molecular weight is 430 g/mol. The molecule has 9 heteroatoms. The van der Waals surface area contributed by atoms with Crippen LogP contribution in [0.1, 0.15) is 45.7 Å². The number of nitrogens with one attached hydrogen (secondary N) is 2. The van der Waals surface area contributed by atoms with Gasteiger partial charge in [-0.1, -0.05) is 12.1 Å². The van der Waals surface area contributed by atoms with Crippen LogP contribution >= 0.6 is 11.3 Å². The number of carbonyl (C=O) groups is 2. The molecule has 1 aromatic carbocycles. The molecule has 2 aliphatic rings. The first-order valence-corrected chi connectivity index (χ1v) is 10.6. The second-order valence-electron chi connectivity index (χ2n) is 8.04. The van der Waals surface area contributed by atoms with E-state index in [1.807, 2.05) is 31.2 Å². The van der Waals surface area contributed by atoms with Gasteiger partial charge in [0.05, 0.1) is 35.0 Å². The summed E-state index contributed by atoms with van der Waals surface area (Å²) in [6.45, 7) is 0.792. The number of fused-ring (bicyclic) bond motifs is 1. The fraction of sp³-hybridized carbons (Fsp3) is 0.381. The maximum Gasteiger partial charge on any atom is 0.282 e. The van der Waals surface area contributed by atoms with Crippen molar-refractivity contribution in [1.29, 1.82) is 0 Å².